The van der Waals surface area contributed by atoms with Gasteiger partial charge in [-0.2, -0.15) is 5.10 Å². The Balaban J connectivity index is 1.47. The molecule has 2 aliphatic rings. The lowest BCUT2D eigenvalue weighted by Gasteiger charge is -2.40. The summed E-state index contributed by atoms with van der Waals surface area (Å²) in [6.07, 6.45) is 8.07. The Morgan fingerprint density at radius 3 is 2.57 bits per heavy atom. The van der Waals surface area contributed by atoms with Gasteiger partial charge in [-0.1, -0.05) is 6.42 Å². The first-order valence-corrected chi connectivity index (χ1v) is 8.16. The van der Waals surface area contributed by atoms with Crippen LogP contribution in [0.1, 0.15) is 37.8 Å². The van der Waals surface area contributed by atoms with Crippen LogP contribution in [0, 0.1) is 13.0 Å². The van der Waals surface area contributed by atoms with E-state index >= 15 is 0 Å². The number of likely N-dealkylation sites (tertiary alicyclic amines) is 2. The summed E-state index contributed by atoms with van der Waals surface area (Å²) in [7, 11) is 0. The largest absolute Gasteiger partial charge is 0.341 e. The summed E-state index contributed by atoms with van der Waals surface area (Å²) in [5.74, 6) is 0.184. The highest BCUT2D eigenvalue weighted by Gasteiger charge is 2.27. The molecule has 5 nitrogen and oxygen atoms in total. The van der Waals surface area contributed by atoms with Gasteiger partial charge in [0.05, 0.1) is 5.69 Å². The Labute approximate surface area is 126 Å². The maximum absolute atomic E-state index is 12.3. The van der Waals surface area contributed by atoms with Crippen molar-refractivity contribution in [2.45, 2.75) is 51.6 Å². The van der Waals surface area contributed by atoms with E-state index < -0.39 is 0 Å². The van der Waals surface area contributed by atoms with Gasteiger partial charge in [-0.05, 0) is 45.7 Å². The molecular weight excluding hydrogens is 264 g/mol. The molecule has 2 fully saturated rings. The van der Waals surface area contributed by atoms with Crippen molar-refractivity contribution in [2.24, 2.45) is 0 Å². The summed E-state index contributed by atoms with van der Waals surface area (Å²) >= 11 is 0. The SMILES string of the molecule is Cc1[c]cn(CC(=O)N2CCC(N3CCCCC3)CC2)n1. The van der Waals surface area contributed by atoms with Crippen molar-refractivity contribution in [3.8, 4) is 0 Å². The Hall–Kier alpha value is -1.36. The summed E-state index contributed by atoms with van der Waals surface area (Å²) in [4.78, 5) is 16.9. The topological polar surface area (TPSA) is 41.4 Å². The maximum atomic E-state index is 12.3. The fraction of sp³-hybridized carbons (Fsp3) is 0.750. The summed E-state index contributed by atoms with van der Waals surface area (Å²) in [6, 6.07) is 3.69. The number of carbonyl (C=O) groups excluding carboxylic acids is 1. The molecule has 5 heteroatoms. The van der Waals surface area contributed by atoms with Crippen molar-refractivity contribution in [1.29, 1.82) is 0 Å². The first-order chi connectivity index (χ1) is 10.2. The predicted octanol–water partition coefficient (Wildman–Crippen LogP) is 1.47. The third kappa shape index (κ3) is 3.64. The summed E-state index contributed by atoms with van der Waals surface area (Å²) in [6.45, 7) is 6.53. The second-order valence-corrected chi connectivity index (χ2v) is 6.27. The van der Waals surface area contributed by atoms with E-state index in [0.29, 0.717) is 12.6 Å². The van der Waals surface area contributed by atoms with Gasteiger partial charge in [0.2, 0.25) is 5.91 Å². The Kier molecular flexibility index (Phi) is 4.58. The lowest BCUT2D eigenvalue weighted by Crippen LogP contribution is -2.48. The number of hydrogen-bond acceptors (Lipinski definition) is 3. The second-order valence-electron chi connectivity index (χ2n) is 6.27. The number of piperidine rings is 2. The van der Waals surface area contributed by atoms with Gasteiger partial charge in [-0.15, -0.1) is 0 Å². The molecule has 2 saturated heterocycles. The zero-order chi connectivity index (χ0) is 14.7. The van der Waals surface area contributed by atoms with Crippen LogP contribution in [-0.4, -0.2) is 57.7 Å². The normalized spacial score (nSPS) is 21.7. The molecule has 3 rings (SSSR count). The monoisotopic (exact) mass is 289 g/mol. The Morgan fingerprint density at radius 2 is 1.95 bits per heavy atom. The average Bonchev–Trinajstić information content (AvgIpc) is 2.93. The van der Waals surface area contributed by atoms with E-state index in [2.05, 4.69) is 16.1 Å². The minimum absolute atomic E-state index is 0.184. The predicted molar refractivity (Wildman–Crippen MR) is 80.8 cm³/mol. The number of hydrogen-bond donors (Lipinski definition) is 0. The highest BCUT2D eigenvalue weighted by atomic mass is 16.2. The van der Waals surface area contributed by atoms with E-state index in [0.717, 1.165) is 31.6 Å². The second kappa shape index (κ2) is 6.60. The third-order valence-corrected chi connectivity index (χ3v) is 4.72. The van der Waals surface area contributed by atoms with Crippen molar-refractivity contribution in [3.05, 3.63) is 18.0 Å². The fourth-order valence-corrected chi connectivity index (χ4v) is 3.50. The first-order valence-electron chi connectivity index (χ1n) is 8.16. The van der Waals surface area contributed by atoms with Crippen LogP contribution in [-0.2, 0) is 11.3 Å². The number of amides is 1. The molecule has 0 aromatic carbocycles. The molecule has 2 aliphatic heterocycles. The number of rotatable bonds is 3. The molecule has 1 aromatic rings. The van der Waals surface area contributed by atoms with Crippen LogP contribution in [0.15, 0.2) is 6.20 Å². The molecule has 0 aliphatic carbocycles. The molecule has 21 heavy (non-hydrogen) atoms. The number of aromatic nitrogens is 2. The lowest BCUT2D eigenvalue weighted by molar-refractivity contribution is -0.133. The smallest absolute Gasteiger partial charge is 0.244 e. The molecule has 0 atom stereocenters. The zero-order valence-corrected chi connectivity index (χ0v) is 12.9. The van der Waals surface area contributed by atoms with Gasteiger partial charge in [0, 0.05) is 31.4 Å². The number of aryl methyl sites for hydroxylation is 1. The first kappa shape index (κ1) is 14.6. The molecule has 0 saturated carbocycles. The number of carbonyl (C=O) groups is 1. The Morgan fingerprint density at radius 1 is 1.24 bits per heavy atom. The van der Waals surface area contributed by atoms with E-state index in [1.54, 1.807) is 10.9 Å². The van der Waals surface area contributed by atoms with Gasteiger partial charge >= 0.3 is 0 Å². The van der Waals surface area contributed by atoms with Gasteiger partial charge < -0.3 is 9.80 Å². The standard InChI is InChI=1S/C16H25N4O/c1-14-5-12-20(17-14)13-16(21)19-10-6-15(7-11-19)18-8-3-2-4-9-18/h12,15H,2-4,6-11,13H2,1H3. The van der Waals surface area contributed by atoms with Crippen LogP contribution in [0.4, 0.5) is 0 Å². The summed E-state index contributed by atoms with van der Waals surface area (Å²) in [5.41, 5.74) is 0.839. The van der Waals surface area contributed by atoms with E-state index in [1.165, 1.54) is 32.4 Å². The van der Waals surface area contributed by atoms with Crippen LogP contribution in [0.25, 0.3) is 0 Å². The van der Waals surface area contributed by atoms with Crippen LogP contribution in [0.2, 0.25) is 0 Å². The molecule has 115 valence electrons. The van der Waals surface area contributed by atoms with Gasteiger partial charge in [-0.25, -0.2) is 0 Å². The molecule has 3 heterocycles. The van der Waals surface area contributed by atoms with Crippen molar-refractivity contribution in [2.75, 3.05) is 26.2 Å². The van der Waals surface area contributed by atoms with Crippen molar-refractivity contribution in [3.63, 3.8) is 0 Å². The van der Waals surface area contributed by atoms with Gasteiger partial charge in [0.1, 0.15) is 6.54 Å². The molecule has 0 spiro atoms. The highest BCUT2D eigenvalue weighted by Crippen LogP contribution is 2.21. The molecular formula is C16H25N4O. The number of nitrogens with zero attached hydrogens (tertiary/aromatic N) is 4. The van der Waals surface area contributed by atoms with Crippen molar-refractivity contribution < 1.29 is 4.79 Å². The van der Waals surface area contributed by atoms with Crippen molar-refractivity contribution in [1.82, 2.24) is 19.6 Å². The zero-order valence-electron chi connectivity index (χ0n) is 12.9. The van der Waals surface area contributed by atoms with E-state index in [9.17, 15) is 4.79 Å². The van der Waals surface area contributed by atoms with Gasteiger partial charge in [0.15, 0.2) is 0 Å². The third-order valence-electron chi connectivity index (χ3n) is 4.72. The summed E-state index contributed by atoms with van der Waals surface area (Å²) in [5, 5.41) is 4.24. The van der Waals surface area contributed by atoms with E-state index in [4.69, 9.17) is 0 Å². The minimum Gasteiger partial charge on any atom is -0.341 e. The minimum atomic E-state index is 0.184. The molecule has 0 bridgehead atoms. The highest BCUT2D eigenvalue weighted by molar-refractivity contribution is 5.76. The van der Waals surface area contributed by atoms with Crippen LogP contribution < -0.4 is 0 Å². The molecule has 0 N–H and O–H groups in total. The van der Waals surface area contributed by atoms with Crippen LogP contribution in [0.3, 0.4) is 0 Å². The fourth-order valence-electron chi connectivity index (χ4n) is 3.50. The quantitative estimate of drug-likeness (QED) is 0.846. The van der Waals surface area contributed by atoms with E-state index in [1.807, 2.05) is 11.8 Å². The van der Waals surface area contributed by atoms with Crippen LogP contribution in [0.5, 0.6) is 0 Å². The molecule has 1 amide bonds. The van der Waals surface area contributed by atoms with Gasteiger partial charge in [-0.3, -0.25) is 9.48 Å². The van der Waals surface area contributed by atoms with Crippen LogP contribution >= 0.6 is 0 Å². The lowest BCUT2D eigenvalue weighted by atomic mass is 10.00. The Bertz CT molecular complexity index is 470. The molecule has 0 unspecified atom stereocenters. The average molecular weight is 289 g/mol. The van der Waals surface area contributed by atoms with Crippen molar-refractivity contribution >= 4 is 5.91 Å². The van der Waals surface area contributed by atoms with Gasteiger partial charge in [0.25, 0.3) is 0 Å². The molecule has 1 radical (unpaired) electrons. The van der Waals surface area contributed by atoms with E-state index in [-0.39, 0.29) is 5.91 Å². The summed E-state index contributed by atoms with van der Waals surface area (Å²) < 4.78 is 1.69. The maximum Gasteiger partial charge on any atom is 0.244 e. The molecule has 1 aromatic heterocycles.